The van der Waals surface area contributed by atoms with Gasteiger partial charge in [0, 0.05) is 18.5 Å². The van der Waals surface area contributed by atoms with Gasteiger partial charge in [-0.3, -0.25) is 9.59 Å². The molecule has 2 aliphatic rings. The van der Waals surface area contributed by atoms with Crippen LogP contribution in [0, 0.1) is 5.92 Å². The fourth-order valence-corrected chi connectivity index (χ4v) is 4.67. The van der Waals surface area contributed by atoms with Crippen LogP contribution in [0.15, 0.2) is 24.3 Å². The van der Waals surface area contributed by atoms with Crippen LogP contribution in [0.2, 0.25) is 0 Å². The van der Waals surface area contributed by atoms with Crippen molar-refractivity contribution in [2.75, 3.05) is 13.1 Å². The predicted octanol–water partition coefficient (Wildman–Crippen LogP) is 2.84. The van der Waals surface area contributed by atoms with E-state index in [0.29, 0.717) is 17.9 Å². The first kappa shape index (κ1) is 25.1. The van der Waals surface area contributed by atoms with Gasteiger partial charge in [0.25, 0.3) is 5.91 Å². The third kappa shape index (κ3) is 7.51. The van der Waals surface area contributed by atoms with Crippen molar-refractivity contribution in [3.63, 3.8) is 0 Å². The van der Waals surface area contributed by atoms with Crippen molar-refractivity contribution in [3.05, 3.63) is 35.4 Å². The molecule has 1 saturated heterocycles. The number of carbonyl (C=O) groups is 3. The Morgan fingerprint density at radius 2 is 1.65 bits per heavy atom. The number of amides is 2. The van der Waals surface area contributed by atoms with Gasteiger partial charge in [-0.1, -0.05) is 12.1 Å². The zero-order valence-electron chi connectivity index (χ0n) is 18.1. The fraction of sp³-hybridized carbons (Fsp3) is 0.609. The number of benzene rings is 1. The molecule has 2 fully saturated rings. The zero-order chi connectivity index (χ0) is 21.5. The van der Waals surface area contributed by atoms with Crippen LogP contribution in [0.4, 0.5) is 0 Å². The van der Waals surface area contributed by atoms with Crippen LogP contribution in [0.1, 0.15) is 73.7 Å². The third-order valence-corrected chi connectivity index (χ3v) is 6.41. The predicted molar refractivity (Wildman–Crippen MR) is 122 cm³/mol. The van der Waals surface area contributed by atoms with E-state index in [1.165, 1.54) is 12.5 Å². The van der Waals surface area contributed by atoms with Crippen LogP contribution < -0.4 is 16.0 Å². The van der Waals surface area contributed by atoms with Crippen molar-refractivity contribution in [2.45, 2.75) is 69.9 Å². The van der Waals surface area contributed by atoms with Crippen LogP contribution in [0.25, 0.3) is 0 Å². The molecule has 1 atom stereocenters. The van der Waals surface area contributed by atoms with Gasteiger partial charge in [0.05, 0.1) is 0 Å². The maximum atomic E-state index is 12.6. The normalized spacial score (nSPS) is 22.6. The lowest BCUT2D eigenvalue weighted by molar-refractivity contribution is -0.142. The SMILES string of the molecule is CC(=O)NC(C[C@H]1CC[C@H](NC(=O)c2ccc(C3CCNCC3)cc2)CC1)C(=O)O.Cl. The molecule has 1 aromatic carbocycles. The lowest BCUT2D eigenvalue weighted by Crippen LogP contribution is -2.42. The number of hydrogen-bond acceptors (Lipinski definition) is 4. The molecule has 4 N–H and O–H groups in total. The van der Waals surface area contributed by atoms with E-state index in [9.17, 15) is 19.5 Å². The molecule has 31 heavy (non-hydrogen) atoms. The Bertz CT molecular complexity index is 742. The van der Waals surface area contributed by atoms with Crippen LogP contribution >= 0.6 is 12.4 Å². The smallest absolute Gasteiger partial charge is 0.326 e. The van der Waals surface area contributed by atoms with Gasteiger partial charge < -0.3 is 21.1 Å². The summed E-state index contributed by atoms with van der Waals surface area (Å²) < 4.78 is 0. The van der Waals surface area contributed by atoms with Crippen LogP contribution in [0.5, 0.6) is 0 Å². The third-order valence-electron chi connectivity index (χ3n) is 6.41. The number of carboxylic acid groups (broad SMARTS) is 1. The molecule has 172 valence electrons. The minimum Gasteiger partial charge on any atom is -0.480 e. The lowest BCUT2D eigenvalue weighted by atomic mass is 9.82. The molecule has 2 amide bonds. The maximum Gasteiger partial charge on any atom is 0.326 e. The topological polar surface area (TPSA) is 108 Å². The largest absolute Gasteiger partial charge is 0.480 e. The van der Waals surface area contributed by atoms with E-state index in [1.807, 2.05) is 12.1 Å². The number of carboxylic acids is 1. The minimum absolute atomic E-state index is 0. The summed E-state index contributed by atoms with van der Waals surface area (Å²) in [6.07, 6.45) is 6.07. The molecule has 1 aliphatic carbocycles. The van der Waals surface area contributed by atoms with E-state index in [1.54, 1.807) is 0 Å². The van der Waals surface area contributed by atoms with Crippen LogP contribution in [0.3, 0.4) is 0 Å². The quantitative estimate of drug-likeness (QED) is 0.510. The van der Waals surface area contributed by atoms with Gasteiger partial charge in [0.2, 0.25) is 5.91 Å². The molecule has 0 radical (unpaired) electrons. The molecule has 1 aliphatic heterocycles. The maximum absolute atomic E-state index is 12.6. The molecule has 8 heteroatoms. The van der Waals surface area contributed by atoms with Gasteiger partial charge >= 0.3 is 5.97 Å². The molecule has 1 heterocycles. The fourth-order valence-electron chi connectivity index (χ4n) is 4.67. The van der Waals surface area contributed by atoms with Gasteiger partial charge in [0.1, 0.15) is 6.04 Å². The minimum atomic E-state index is -0.992. The number of rotatable bonds is 7. The first-order valence-corrected chi connectivity index (χ1v) is 11.0. The van der Waals surface area contributed by atoms with E-state index >= 15 is 0 Å². The van der Waals surface area contributed by atoms with E-state index in [2.05, 4.69) is 28.1 Å². The van der Waals surface area contributed by atoms with Crippen molar-refractivity contribution in [1.82, 2.24) is 16.0 Å². The number of halogens is 1. The van der Waals surface area contributed by atoms with E-state index in [0.717, 1.165) is 51.6 Å². The van der Waals surface area contributed by atoms with Gasteiger partial charge in [-0.05, 0) is 87.6 Å². The highest BCUT2D eigenvalue weighted by molar-refractivity contribution is 5.94. The number of hydrogen-bond donors (Lipinski definition) is 4. The number of aliphatic carboxylic acids is 1. The Morgan fingerprint density at radius 3 is 2.19 bits per heavy atom. The molecule has 1 aromatic rings. The Kier molecular flexibility index (Phi) is 9.78. The highest BCUT2D eigenvalue weighted by Gasteiger charge is 2.28. The Morgan fingerprint density at radius 1 is 1.03 bits per heavy atom. The molecule has 3 rings (SSSR count). The molecular weight excluding hydrogens is 418 g/mol. The number of piperidine rings is 1. The summed E-state index contributed by atoms with van der Waals surface area (Å²) in [7, 11) is 0. The summed E-state index contributed by atoms with van der Waals surface area (Å²) in [6, 6.07) is 7.28. The average molecular weight is 452 g/mol. The van der Waals surface area contributed by atoms with Crippen molar-refractivity contribution in [2.24, 2.45) is 5.92 Å². The summed E-state index contributed by atoms with van der Waals surface area (Å²) in [5, 5.41) is 18.3. The average Bonchev–Trinajstić information content (AvgIpc) is 2.75. The summed E-state index contributed by atoms with van der Waals surface area (Å²) in [6.45, 7) is 3.43. The van der Waals surface area contributed by atoms with Crippen LogP contribution in [-0.2, 0) is 9.59 Å². The highest BCUT2D eigenvalue weighted by Crippen LogP contribution is 2.29. The highest BCUT2D eigenvalue weighted by atomic mass is 35.5. The van der Waals surface area contributed by atoms with Crippen molar-refractivity contribution < 1.29 is 19.5 Å². The molecule has 0 aromatic heterocycles. The summed E-state index contributed by atoms with van der Waals surface area (Å²) >= 11 is 0. The first-order valence-electron chi connectivity index (χ1n) is 11.0. The summed E-state index contributed by atoms with van der Waals surface area (Å²) in [4.78, 5) is 35.1. The van der Waals surface area contributed by atoms with Crippen molar-refractivity contribution >= 4 is 30.2 Å². The lowest BCUT2D eigenvalue weighted by Gasteiger charge is -2.30. The monoisotopic (exact) mass is 451 g/mol. The van der Waals surface area contributed by atoms with E-state index < -0.39 is 12.0 Å². The second-order valence-electron chi connectivity index (χ2n) is 8.66. The molecule has 1 unspecified atom stereocenters. The van der Waals surface area contributed by atoms with Crippen molar-refractivity contribution in [3.8, 4) is 0 Å². The van der Waals surface area contributed by atoms with E-state index in [-0.39, 0.29) is 36.2 Å². The van der Waals surface area contributed by atoms with Gasteiger partial charge in [0.15, 0.2) is 0 Å². The Balaban J connectivity index is 0.00000341. The molecule has 1 saturated carbocycles. The second-order valence-corrected chi connectivity index (χ2v) is 8.66. The molecule has 7 nitrogen and oxygen atoms in total. The second kappa shape index (κ2) is 12.1. The summed E-state index contributed by atoms with van der Waals surface area (Å²) in [5.74, 6) is -0.541. The zero-order valence-corrected chi connectivity index (χ0v) is 18.9. The molecule has 0 spiro atoms. The van der Waals surface area contributed by atoms with Gasteiger partial charge in [-0.2, -0.15) is 0 Å². The van der Waals surface area contributed by atoms with Crippen LogP contribution in [-0.4, -0.2) is 48.1 Å². The van der Waals surface area contributed by atoms with Crippen molar-refractivity contribution in [1.29, 1.82) is 0 Å². The first-order chi connectivity index (χ1) is 14.4. The Hall–Kier alpha value is -2.12. The number of carbonyl (C=O) groups excluding carboxylic acids is 2. The number of nitrogens with one attached hydrogen (secondary N) is 3. The molecule has 0 bridgehead atoms. The van der Waals surface area contributed by atoms with Gasteiger partial charge in [-0.25, -0.2) is 4.79 Å². The summed E-state index contributed by atoms with van der Waals surface area (Å²) in [5.41, 5.74) is 1.99. The standard InChI is InChI=1S/C23H33N3O4.ClH/c1-15(27)25-21(23(29)30)14-16-2-8-20(9-3-16)26-22(28)19-6-4-17(5-7-19)18-10-12-24-13-11-18;/h4-7,16,18,20-21,24H,2-3,8-14H2,1H3,(H,25,27)(H,26,28)(H,29,30);1H/t16-,20-,21?;. The van der Waals surface area contributed by atoms with E-state index in [4.69, 9.17) is 0 Å². The Labute approximate surface area is 190 Å². The molecular formula is C23H34ClN3O4. The van der Waals surface area contributed by atoms with Gasteiger partial charge in [-0.15, -0.1) is 12.4 Å².